The third kappa shape index (κ3) is 3.65. The minimum absolute atomic E-state index is 0.0204. The first kappa shape index (κ1) is 16.2. The summed E-state index contributed by atoms with van der Waals surface area (Å²) in [7, 11) is 0. The summed E-state index contributed by atoms with van der Waals surface area (Å²) in [6.07, 6.45) is 2.34. The van der Waals surface area contributed by atoms with Gasteiger partial charge in [0.1, 0.15) is 0 Å². The van der Waals surface area contributed by atoms with Crippen LogP contribution in [-0.2, 0) is 11.2 Å². The zero-order chi connectivity index (χ0) is 16.9. The fraction of sp³-hybridized carbons (Fsp3) is 0.300. The molecule has 0 spiro atoms. The van der Waals surface area contributed by atoms with Crippen LogP contribution in [0.25, 0.3) is 0 Å². The molecule has 0 saturated carbocycles. The van der Waals surface area contributed by atoms with Gasteiger partial charge < -0.3 is 10.0 Å². The Morgan fingerprint density at radius 3 is 2.50 bits per heavy atom. The van der Waals surface area contributed by atoms with Crippen molar-refractivity contribution in [2.75, 3.05) is 6.54 Å². The Morgan fingerprint density at radius 1 is 1.04 bits per heavy atom. The van der Waals surface area contributed by atoms with Crippen molar-refractivity contribution in [3.63, 3.8) is 0 Å². The van der Waals surface area contributed by atoms with Crippen LogP contribution in [0.3, 0.4) is 0 Å². The normalized spacial score (nSPS) is 17.0. The number of nitrogens with zero attached hydrogens (tertiary/aromatic N) is 1. The number of hydrogen-bond donors (Lipinski definition) is 1. The van der Waals surface area contributed by atoms with E-state index < -0.39 is 5.97 Å². The molecule has 0 aliphatic carbocycles. The van der Waals surface area contributed by atoms with Gasteiger partial charge in [-0.3, -0.25) is 9.59 Å². The van der Waals surface area contributed by atoms with Crippen LogP contribution in [0.4, 0.5) is 0 Å². The summed E-state index contributed by atoms with van der Waals surface area (Å²) in [5, 5.41) is 9.06. The Balaban J connectivity index is 1.83. The van der Waals surface area contributed by atoms with Gasteiger partial charge in [-0.2, -0.15) is 0 Å². The molecule has 4 heteroatoms. The Bertz CT molecular complexity index is 727. The number of hydrogen-bond acceptors (Lipinski definition) is 2. The highest BCUT2D eigenvalue weighted by Gasteiger charge is 2.31. The maximum absolute atomic E-state index is 13.0. The second-order valence-corrected chi connectivity index (χ2v) is 6.21. The molecule has 2 aromatic rings. The summed E-state index contributed by atoms with van der Waals surface area (Å²) >= 11 is 0. The van der Waals surface area contributed by atoms with Crippen molar-refractivity contribution in [3.8, 4) is 0 Å². The van der Waals surface area contributed by atoms with Gasteiger partial charge in [0.15, 0.2) is 0 Å². The zero-order valence-corrected chi connectivity index (χ0v) is 13.5. The maximum Gasteiger partial charge on any atom is 0.305 e. The van der Waals surface area contributed by atoms with E-state index in [1.165, 1.54) is 0 Å². The number of carboxylic acid groups (broad SMARTS) is 1. The van der Waals surface area contributed by atoms with E-state index in [0.717, 1.165) is 24.0 Å². The fourth-order valence-corrected chi connectivity index (χ4v) is 3.37. The Labute approximate surface area is 141 Å². The van der Waals surface area contributed by atoms with Crippen molar-refractivity contribution >= 4 is 11.9 Å². The second-order valence-electron chi connectivity index (χ2n) is 6.21. The third-order valence-electron chi connectivity index (χ3n) is 4.53. The van der Waals surface area contributed by atoms with Gasteiger partial charge in [0, 0.05) is 18.2 Å². The van der Waals surface area contributed by atoms with E-state index >= 15 is 0 Å². The van der Waals surface area contributed by atoms with E-state index in [4.69, 9.17) is 5.11 Å². The first-order chi connectivity index (χ1) is 11.6. The number of amides is 1. The largest absolute Gasteiger partial charge is 0.481 e. The van der Waals surface area contributed by atoms with Crippen molar-refractivity contribution in [1.82, 2.24) is 4.90 Å². The average molecular weight is 323 g/mol. The third-order valence-corrected chi connectivity index (χ3v) is 4.53. The highest BCUT2D eigenvalue weighted by Crippen LogP contribution is 2.24. The Kier molecular flexibility index (Phi) is 4.94. The van der Waals surface area contributed by atoms with Crippen molar-refractivity contribution < 1.29 is 14.7 Å². The molecule has 0 aromatic heterocycles. The number of aliphatic carboxylic acids is 1. The van der Waals surface area contributed by atoms with E-state index in [1.54, 1.807) is 4.90 Å². The minimum atomic E-state index is -0.850. The summed E-state index contributed by atoms with van der Waals surface area (Å²) < 4.78 is 0. The predicted molar refractivity (Wildman–Crippen MR) is 92.0 cm³/mol. The molecule has 1 aliphatic heterocycles. The molecular formula is C20H21NO3. The van der Waals surface area contributed by atoms with Crippen LogP contribution in [0, 0.1) is 0 Å². The van der Waals surface area contributed by atoms with Gasteiger partial charge in [0.2, 0.25) is 0 Å². The number of likely N-dealkylation sites (tertiary alicyclic amines) is 1. The topological polar surface area (TPSA) is 57.6 Å². The zero-order valence-electron chi connectivity index (χ0n) is 13.5. The van der Waals surface area contributed by atoms with Gasteiger partial charge in [-0.1, -0.05) is 48.5 Å². The maximum atomic E-state index is 13.0. The van der Waals surface area contributed by atoms with Gasteiger partial charge in [-0.05, 0) is 36.5 Å². The molecule has 1 fully saturated rings. The highest BCUT2D eigenvalue weighted by molar-refractivity contribution is 5.96. The Hall–Kier alpha value is -2.62. The van der Waals surface area contributed by atoms with Crippen LogP contribution in [-0.4, -0.2) is 34.5 Å². The first-order valence-electron chi connectivity index (χ1n) is 8.30. The van der Waals surface area contributed by atoms with Crippen molar-refractivity contribution in [2.45, 2.75) is 31.7 Å². The number of carbonyl (C=O) groups excluding carboxylic acids is 1. The average Bonchev–Trinajstić information content (AvgIpc) is 3.03. The molecule has 1 heterocycles. The predicted octanol–water partition coefficient (Wildman–Crippen LogP) is 3.36. The molecule has 1 N–H and O–H groups in total. The van der Waals surface area contributed by atoms with Crippen LogP contribution in [0.2, 0.25) is 0 Å². The molecule has 1 unspecified atom stereocenters. The smallest absolute Gasteiger partial charge is 0.305 e. The molecule has 0 radical (unpaired) electrons. The van der Waals surface area contributed by atoms with Gasteiger partial charge >= 0.3 is 5.97 Å². The van der Waals surface area contributed by atoms with Crippen LogP contribution < -0.4 is 0 Å². The fourth-order valence-electron chi connectivity index (χ4n) is 3.37. The second kappa shape index (κ2) is 7.30. The number of carbonyl (C=O) groups is 2. The minimum Gasteiger partial charge on any atom is -0.481 e. The van der Waals surface area contributed by atoms with Crippen LogP contribution in [0.15, 0.2) is 54.6 Å². The lowest BCUT2D eigenvalue weighted by Gasteiger charge is -2.24. The summed E-state index contributed by atoms with van der Waals surface area (Å²) in [4.78, 5) is 25.7. The summed E-state index contributed by atoms with van der Waals surface area (Å²) in [5.41, 5.74) is 2.81. The molecule has 1 aliphatic rings. The first-order valence-corrected chi connectivity index (χ1v) is 8.30. The molecule has 24 heavy (non-hydrogen) atoms. The highest BCUT2D eigenvalue weighted by atomic mass is 16.4. The molecule has 3 rings (SSSR count). The quantitative estimate of drug-likeness (QED) is 0.918. The number of benzene rings is 2. The molecular weight excluding hydrogens is 302 g/mol. The number of rotatable bonds is 5. The van der Waals surface area contributed by atoms with Crippen LogP contribution in [0.1, 0.15) is 40.7 Å². The Morgan fingerprint density at radius 2 is 1.75 bits per heavy atom. The van der Waals surface area contributed by atoms with E-state index in [-0.39, 0.29) is 18.4 Å². The molecule has 4 nitrogen and oxygen atoms in total. The molecule has 1 amide bonds. The van der Waals surface area contributed by atoms with Crippen molar-refractivity contribution in [1.29, 1.82) is 0 Å². The monoisotopic (exact) mass is 323 g/mol. The standard InChI is InChI=1S/C20H21NO3/c22-19(23)14-17-10-6-12-21(17)20(24)18-11-5-4-9-16(18)13-15-7-2-1-3-8-15/h1-5,7-9,11,17H,6,10,12-14H2,(H,22,23). The van der Waals surface area contributed by atoms with Crippen LogP contribution in [0.5, 0.6) is 0 Å². The summed E-state index contributed by atoms with van der Waals surface area (Å²) in [5.74, 6) is -0.900. The van der Waals surface area contributed by atoms with Gasteiger partial charge in [-0.15, -0.1) is 0 Å². The lowest BCUT2D eigenvalue weighted by molar-refractivity contribution is -0.137. The summed E-state index contributed by atoms with van der Waals surface area (Å²) in [6.45, 7) is 0.635. The molecule has 124 valence electrons. The van der Waals surface area contributed by atoms with Crippen LogP contribution >= 0.6 is 0 Å². The van der Waals surface area contributed by atoms with Gasteiger partial charge in [0.25, 0.3) is 5.91 Å². The lowest BCUT2D eigenvalue weighted by Crippen LogP contribution is -2.37. The van der Waals surface area contributed by atoms with E-state index in [0.29, 0.717) is 18.5 Å². The van der Waals surface area contributed by atoms with E-state index in [1.807, 2.05) is 54.6 Å². The lowest BCUT2D eigenvalue weighted by atomic mass is 9.98. The van der Waals surface area contributed by atoms with Gasteiger partial charge in [0.05, 0.1) is 6.42 Å². The molecule has 2 aromatic carbocycles. The molecule has 1 atom stereocenters. The number of carboxylic acids is 1. The van der Waals surface area contributed by atoms with Crippen molar-refractivity contribution in [2.24, 2.45) is 0 Å². The SMILES string of the molecule is O=C(O)CC1CCCN1C(=O)c1ccccc1Cc1ccccc1. The van der Waals surface area contributed by atoms with E-state index in [9.17, 15) is 9.59 Å². The molecule has 1 saturated heterocycles. The van der Waals surface area contributed by atoms with E-state index in [2.05, 4.69) is 0 Å². The van der Waals surface area contributed by atoms with Crippen molar-refractivity contribution in [3.05, 3.63) is 71.3 Å². The summed E-state index contributed by atoms with van der Waals surface area (Å²) in [6, 6.07) is 17.5. The molecule has 0 bridgehead atoms. The van der Waals surface area contributed by atoms with Gasteiger partial charge in [-0.25, -0.2) is 0 Å².